The number of nitrogens with one attached hydrogen (secondary N) is 2. The Labute approximate surface area is 254 Å². The average molecular weight is 609 g/mol. The summed E-state index contributed by atoms with van der Waals surface area (Å²) in [4.78, 5) is 40.2. The molecule has 43 heavy (non-hydrogen) atoms. The fourth-order valence-corrected chi connectivity index (χ4v) is 5.85. The zero-order chi connectivity index (χ0) is 30.8. The molecule has 0 aliphatic carbocycles. The molecule has 4 amide bonds. The van der Waals surface area contributed by atoms with Crippen LogP contribution in [0, 0.1) is 18.7 Å². The molecule has 226 valence electrons. The standard InChI is InChI=1S/C32H34ClFN4O5/c1-18-21(7-6-10-27(18)36-30(39)25-16-37(2)32(41)38(3)31(25)40)23-9-5-8-22(29(23)33)19-13-26(34)24(28(14-19)42-4)15-35-20-11-12-43-17-20/h5-10,13-14,20,25,35H,11-12,15-17H2,1-4H3,(H,36,39)/t20-,25?/m1/s1. The monoisotopic (exact) mass is 608 g/mol. The number of anilines is 1. The van der Waals surface area contributed by atoms with Gasteiger partial charge in [0.2, 0.25) is 11.8 Å². The molecule has 2 N–H and O–H groups in total. The van der Waals surface area contributed by atoms with Crippen LogP contribution in [-0.4, -0.2) is 74.7 Å². The molecule has 11 heteroatoms. The van der Waals surface area contributed by atoms with E-state index in [4.69, 9.17) is 21.1 Å². The van der Waals surface area contributed by atoms with E-state index < -0.39 is 29.6 Å². The summed E-state index contributed by atoms with van der Waals surface area (Å²) in [6.45, 7) is 3.44. The first-order valence-corrected chi connectivity index (χ1v) is 14.4. The highest BCUT2D eigenvalue weighted by molar-refractivity contribution is 6.36. The number of imide groups is 1. The van der Waals surface area contributed by atoms with Crippen LogP contribution in [-0.2, 0) is 20.9 Å². The number of benzene rings is 3. The largest absolute Gasteiger partial charge is 0.496 e. The third-order valence-electron chi connectivity index (χ3n) is 8.08. The Bertz CT molecular complexity index is 1580. The van der Waals surface area contributed by atoms with Crippen LogP contribution in [0.2, 0.25) is 5.02 Å². The van der Waals surface area contributed by atoms with Gasteiger partial charge < -0.3 is 25.0 Å². The summed E-state index contributed by atoms with van der Waals surface area (Å²) in [6, 6.07) is 13.9. The Morgan fingerprint density at radius 3 is 2.56 bits per heavy atom. The highest BCUT2D eigenvalue weighted by Crippen LogP contribution is 2.41. The molecule has 2 saturated heterocycles. The molecule has 0 saturated carbocycles. The second kappa shape index (κ2) is 12.7. The molecular weight excluding hydrogens is 575 g/mol. The molecule has 3 aromatic carbocycles. The highest BCUT2D eigenvalue weighted by Gasteiger charge is 2.39. The van der Waals surface area contributed by atoms with Gasteiger partial charge in [-0.3, -0.25) is 14.5 Å². The summed E-state index contributed by atoms with van der Waals surface area (Å²) in [6.07, 6.45) is 0.878. The summed E-state index contributed by atoms with van der Waals surface area (Å²) in [5.41, 5.74) is 4.32. The fourth-order valence-electron chi connectivity index (χ4n) is 5.52. The lowest BCUT2D eigenvalue weighted by Crippen LogP contribution is -2.56. The molecule has 5 rings (SSSR count). The summed E-state index contributed by atoms with van der Waals surface area (Å²) < 4.78 is 26.4. The van der Waals surface area contributed by atoms with Gasteiger partial charge in [-0.15, -0.1) is 0 Å². The second-order valence-corrected chi connectivity index (χ2v) is 11.2. The van der Waals surface area contributed by atoms with Gasteiger partial charge in [-0.1, -0.05) is 41.9 Å². The Morgan fingerprint density at radius 2 is 1.84 bits per heavy atom. The first kappa shape index (κ1) is 30.5. The number of ether oxygens (including phenoxy) is 2. The Balaban J connectivity index is 1.42. The molecule has 2 fully saturated rings. The number of carbonyl (C=O) groups is 3. The third-order valence-corrected chi connectivity index (χ3v) is 8.49. The van der Waals surface area contributed by atoms with Crippen molar-refractivity contribution in [2.75, 3.05) is 46.3 Å². The molecule has 2 heterocycles. The second-order valence-electron chi connectivity index (χ2n) is 10.8. The number of hydrogen-bond donors (Lipinski definition) is 2. The number of amides is 4. The predicted molar refractivity (Wildman–Crippen MR) is 163 cm³/mol. The summed E-state index contributed by atoms with van der Waals surface area (Å²) in [5.74, 6) is -2.08. The summed E-state index contributed by atoms with van der Waals surface area (Å²) >= 11 is 6.96. The van der Waals surface area contributed by atoms with Crippen LogP contribution in [0.4, 0.5) is 14.9 Å². The minimum absolute atomic E-state index is 0.00960. The molecule has 0 bridgehead atoms. The number of rotatable bonds is 8. The molecular formula is C32H34ClFN4O5. The van der Waals surface area contributed by atoms with Gasteiger partial charge in [0.25, 0.3) is 0 Å². The fraction of sp³-hybridized carbons (Fsp3) is 0.344. The van der Waals surface area contributed by atoms with Gasteiger partial charge in [0, 0.05) is 62.2 Å². The van der Waals surface area contributed by atoms with Crippen molar-refractivity contribution in [1.29, 1.82) is 0 Å². The first-order chi connectivity index (χ1) is 20.6. The van der Waals surface area contributed by atoms with E-state index in [-0.39, 0.29) is 12.6 Å². The van der Waals surface area contributed by atoms with Gasteiger partial charge in [0.15, 0.2) is 0 Å². The summed E-state index contributed by atoms with van der Waals surface area (Å²) in [5, 5.41) is 6.60. The molecule has 0 spiro atoms. The smallest absolute Gasteiger partial charge is 0.326 e. The van der Waals surface area contributed by atoms with Gasteiger partial charge in [-0.2, -0.15) is 0 Å². The quantitative estimate of drug-likeness (QED) is 0.346. The van der Waals surface area contributed by atoms with Crippen molar-refractivity contribution in [2.45, 2.75) is 25.9 Å². The SMILES string of the molecule is COc1cc(-c2cccc(-c3cccc(NC(=O)C4CN(C)C(=O)N(C)C4=O)c3C)c2Cl)cc(F)c1CN[C@@H]1CCOC1. The summed E-state index contributed by atoms with van der Waals surface area (Å²) in [7, 11) is 4.42. The van der Waals surface area contributed by atoms with Crippen molar-refractivity contribution in [2.24, 2.45) is 5.92 Å². The van der Waals surface area contributed by atoms with E-state index in [0.717, 1.165) is 22.4 Å². The number of methoxy groups -OCH3 is 1. The van der Waals surface area contributed by atoms with Crippen LogP contribution in [0.3, 0.4) is 0 Å². The lowest BCUT2D eigenvalue weighted by molar-refractivity contribution is -0.140. The van der Waals surface area contributed by atoms with Crippen molar-refractivity contribution >= 4 is 35.1 Å². The molecule has 9 nitrogen and oxygen atoms in total. The molecule has 0 radical (unpaired) electrons. The average Bonchev–Trinajstić information content (AvgIpc) is 3.52. The zero-order valence-corrected chi connectivity index (χ0v) is 25.3. The van der Waals surface area contributed by atoms with Crippen molar-refractivity contribution in [3.8, 4) is 28.0 Å². The van der Waals surface area contributed by atoms with Crippen LogP contribution in [0.15, 0.2) is 48.5 Å². The molecule has 2 atom stereocenters. The maximum Gasteiger partial charge on any atom is 0.326 e. The Kier molecular flexibility index (Phi) is 9.00. The lowest BCUT2D eigenvalue weighted by Gasteiger charge is -2.33. The predicted octanol–water partition coefficient (Wildman–Crippen LogP) is 5.09. The van der Waals surface area contributed by atoms with E-state index in [0.29, 0.717) is 58.5 Å². The van der Waals surface area contributed by atoms with Crippen LogP contribution in [0.1, 0.15) is 17.5 Å². The minimum Gasteiger partial charge on any atom is -0.496 e. The molecule has 2 aliphatic heterocycles. The maximum absolute atomic E-state index is 15.4. The third kappa shape index (κ3) is 6.08. The van der Waals surface area contributed by atoms with Crippen molar-refractivity contribution in [3.63, 3.8) is 0 Å². The molecule has 0 aromatic heterocycles. The van der Waals surface area contributed by atoms with E-state index in [1.54, 1.807) is 25.2 Å². The van der Waals surface area contributed by atoms with Crippen molar-refractivity contribution < 1.29 is 28.2 Å². The van der Waals surface area contributed by atoms with Crippen LogP contribution >= 0.6 is 11.6 Å². The minimum atomic E-state index is -1.03. The van der Waals surface area contributed by atoms with Gasteiger partial charge in [-0.05, 0) is 48.2 Å². The zero-order valence-electron chi connectivity index (χ0n) is 24.5. The van der Waals surface area contributed by atoms with E-state index in [1.165, 1.54) is 25.1 Å². The maximum atomic E-state index is 15.4. The van der Waals surface area contributed by atoms with E-state index in [2.05, 4.69) is 10.6 Å². The van der Waals surface area contributed by atoms with Crippen molar-refractivity contribution in [1.82, 2.24) is 15.1 Å². The van der Waals surface area contributed by atoms with Gasteiger partial charge >= 0.3 is 6.03 Å². The number of nitrogens with zero attached hydrogens (tertiary/aromatic N) is 2. The van der Waals surface area contributed by atoms with Gasteiger partial charge in [-0.25, -0.2) is 9.18 Å². The van der Waals surface area contributed by atoms with Gasteiger partial charge in [0.05, 0.1) is 18.7 Å². The number of halogens is 2. The lowest BCUT2D eigenvalue weighted by atomic mass is 9.94. The Morgan fingerprint density at radius 1 is 1.12 bits per heavy atom. The number of hydrogen-bond acceptors (Lipinski definition) is 6. The van der Waals surface area contributed by atoms with Crippen LogP contribution in [0.5, 0.6) is 5.75 Å². The van der Waals surface area contributed by atoms with Gasteiger partial charge in [0.1, 0.15) is 17.5 Å². The number of carbonyl (C=O) groups excluding carboxylic acids is 3. The van der Waals surface area contributed by atoms with E-state index in [9.17, 15) is 14.4 Å². The normalized spacial score (nSPS) is 18.7. The van der Waals surface area contributed by atoms with Crippen molar-refractivity contribution in [3.05, 3.63) is 70.5 Å². The number of urea groups is 1. The molecule has 2 aliphatic rings. The molecule has 3 aromatic rings. The van der Waals surface area contributed by atoms with Crippen LogP contribution < -0.4 is 15.4 Å². The molecule has 1 unspecified atom stereocenters. The highest BCUT2D eigenvalue weighted by atomic mass is 35.5. The van der Waals surface area contributed by atoms with Crippen LogP contribution in [0.25, 0.3) is 22.3 Å². The Hall–Kier alpha value is -3.99. The van der Waals surface area contributed by atoms with E-state index >= 15 is 4.39 Å². The topological polar surface area (TPSA) is 100 Å². The van der Waals surface area contributed by atoms with E-state index in [1.807, 2.05) is 31.2 Å². The first-order valence-electron chi connectivity index (χ1n) is 14.0.